The third-order valence-electron chi connectivity index (χ3n) is 7.41. The maximum Gasteiger partial charge on any atom is 0.167 e. The average molecular weight is 493 g/mol. The Bertz CT molecular complexity index is 1170. The Morgan fingerprint density at radius 3 is 2.28 bits per heavy atom. The van der Waals surface area contributed by atoms with Crippen molar-refractivity contribution in [3.8, 4) is 16.9 Å². The highest BCUT2D eigenvalue weighted by Crippen LogP contribution is 2.38. The second-order valence-electron chi connectivity index (χ2n) is 9.84. The maximum absolute atomic E-state index is 14.9. The minimum atomic E-state index is -0.815. The number of ether oxygens (including phenoxy) is 1. The molecule has 0 atom stereocenters. The van der Waals surface area contributed by atoms with Crippen molar-refractivity contribution in [2.75, 3.05) is 7.11 Å². The summed E-state index contributed by atoms with van der Waals surface area (Å²) >= 11 is 0. The van der Waals surface area contributed by atoms with Gasteiger partial charge in [-0.3, -0.25) is 0 Å². The molecule has 0 amide bonds. The van der Waals surface area contributed by atoms with Crippen LogP contribution in [0.25, 0.3) is 17.2 Å². The van der Waals surface area contributed by atoms with Crippen LogP contribution in [-0.4, -0.2) is 7.11 Å². The number of hydrogen-bond acceptors (Lipinski definition) is 1. The fraction of sp³-hybridized carbons (Fsp3) is 0.375. The van der Waals surface area contributed by atoms with Crippen molar-refractivity contribution in [2.45, 2.75) is 64.2 Å². The standard InChI is InChI=1S/C32H35F3O/c1-3-4-5-6-22-7-14-25(15-8-22)29-19-17-26(31(34)32(29)35)16-11-23-9-12-24(13-10-23)28-20-18-27(36-2)21-30(28)33/h7-8,11,14-21,23-24H,3-6,9-10,12-13H2,1-2H3. The van der Waals surface area contributed by atoms with E-state index >= 15 is 0 Å². The van der Waals surface area contributed by atoms with Crippen LogP contribution in [0.1, 0.15) is 74.5 Å². The summed E-state index contributed by atoms with van der Waals surface area (Å²) in [5, 5.41) is 0. The monoisotopic (exact) mass is 492 g/mol. The molecule has 3 aromatic carbocycles. The van der Waals surface area contributed by atoms with Crippen molar-refractivity contribution in [3.63, 3.8) is 0 Å². The van der Waals surface area contributed by atoms with E-state index in [0.29, 0.717) is 11.3 Å². The largest absolute Gasteiger partial charge is 0.497 e. The molecule has 1 saturated carbocycles. The highest BCUT2D eigenvalue weighted by Gasteiger charge is 2.23. The van der Waals surface area contributed by atoms with Crippen molar-refractivity contribution in [3.05, 3.63) is 94.8 Å². The maximum atomic E-state index is 14.9. The highest BCUT2D eigenvalue weighted by atomic mass is 19.2. The molecule has 3 aromatic rings. The molecular formula is C32H35F3O. The van der Waals surface area contributed by atoms with Gasteiger partial charge in [-0.05, 0) is 73.1 Å². The van der Waals surface area contributed by atoms with E-state index in [1.54, 1.807) is 24.3 Å². The minimum Gasteiger partial charge on any atom is -0.497 e. The Morgan fingerprint density at radius 1 is 0.861 bits per heavy atom. The summed E-state index contributed by atoms with van der Waals surface area (Å²) in [6, 6.07) is 16.1. The number of aryl methyl sites for hydroxylation is 1. The van der Waals surface area contributed by atoms with Gasteiger partial charge in [0.1, 0.15) is 11.6 Å². The molecule has 0 aliphatic heterocycles. The van der Waals surface area contributed by atoms with Gasteiger partial charge < -0.3 is 4.74 Å². The molecule has 0 saturated heterocycles. The normalized spacial score (nSPS) is 18.0. The zero-order valence-electron chi connectivity index (χ0n) is 21.2. The molecule has 190 valence electrons. The summed E-state index contributed by atoms with van der Waals surface area (Å²) in [5.41, 5.74) is 3.18. The van der Waals surface area contributed by atoms with Gasteiger partial charge in [0, 0.05) is 17.2 Å². The van der Waals surface area contributed by atoms with E-state index in [1.807, 2.05) is 36.4 Å². The summed E-state index contributed by atoms with van der Waals surface area (Å²) in [7, 11) is 1.53. The number of methoxy groups -OCH3 is 1. The second-order valence-corrected chi connectivity index (χ2v) is 9.84. The van der Waals surface area contributed by atoms with Crippen LogP contribution in [-0.2, 0) is 6.42 Å². The van der Waals surface area contributed by atoms with E-state index in [2.05, 4.69) is 6.92 Å². The molecule has 0 N–H and O–H groups in total. The van der Waals surface area contributed by atoms with Gasteiger partial charge in [0.15, 0.2) is 11.6 Å². The van der Waals surface area contributed by atoms with Crippen molar-refractivity contribution in [1.82, 2.24) is 0 Å². The molecule has 0 spiro atoms. The van der Waals surface area contributed by atoms with Crippen LogP contribution in [0, 0.1) is 23.4 Å². The SMILES string of the molecule is CCCCCc1ccc(-c2ccc(C=CC3CCC(c4ccc(OC)cc4F)CC3)c(F)c2F)cc1. The zero-order chi connectivity index (χ0) is 25.5. The van der Waals surface area contributed by atoms with Crippen LogP contribution in [0.3, 0.4) is 0 Å². The predicted molar refractivity (Wildman–Crippen MR) is 142 cm³/mol. The number of allylic oxidation sites excluding steroid dienone is 1. The number of halogens is 3. The van der Waals surface area contributed by atoms with Crippen LogP contribution in [0.2, 0.25) is 0 Å². The predicted octanol–water partition coefficient (Wildman–Crippen LogP) is 9.50. The molecule has 4 heteroatoms. The molecule has 1 aliphatic rings. The molecule has 36 heavy (non-hydrogen) atoms. The molecule has 1 fully saturated rings. The topological polar surface area (TPSA) is 9.23 Å². The summed E-state index contributed by atoms with van der Waals surface area (Å²) < 4.78 is 49.4. The van der Waals surface area contributed by atoms with Crippen LogP contribution < -0.4 is 4.74 Å². The number of rotatable bonds is 9. The second kappa shape index (κ2) is 12.3. The van der Waals surface area contributed by atoms with Crippen LogP contribution in [0.5, 0.6) is 5.75 Å². The van der Waals surface area contributed by atoms with Gasteiger partial charge in [-0.25, -0.2) is 13.2 Å². The molecule has 4 rings (SSSR count). The first-order valence-corrected chi connectivity index (χ1v) is 13.1. The molecule has 0 radical (unpaired) electrons. The molecule has 1 aliphatic carbocycles. The van der Waals surface area contributed by atoms with Gasteiger partial charge in [-0.1, -0.05) is 74.4 Å². The van der Waals surface area contributed by atoms with Crippen molar-refractivity contribution in [2.24, 2.45) is 5.92 Å². The Balaban J connectivity index is 1.38. The lowest BCUT2D eigenvalue weighted by Gasteiger charge is -2.27. The lowest BCUT2D eigenvalue weighted by atomic mass is 9.78. The highest BCUT2D eigenvalue weighted by molar-refractivity contribution is 5.67. The van der Waals surface area contributed by atoms with E-state index in [0.717, 1.165) is 44.1 Å². The molecular weight excluding hydrogens is 457 g/mol. The van der Waals surface area contributed by atoms with Crippen molar-refractivity contribution >= 4 is 6.08 Å². The van der Waals surface area contributed by atoms with Gasteiger partial charge in [-0.15, -0.1) is 0 Å². The van der Waals surface area contributed by atoms with Crippen molar-refractivity contribution in [1.29, 1.82) is 0 Å². The summed E-state index contributed by atoms with van der Waals surface area (Å²) in [6.07, 6.45) is 11.7. The van der Waals surface area contributed by atoms with E-state index < -0.39 is 11.6 Å². The first-order chi connectivity index (χ1) is 17.5. The Hall–Kier alpha value is -3.01. The van der Waals surface area contributed by atoms with Gasteiger partial charge >= 0.3 is 0 Å². The average Bonchev–Trinajstić information content (AvgIpc) is 2.90. The van der Waals surface area contributed by atoms with Gasteiger partial charge in [0.05, 0.1) is 7.11 Å². The lowest BCUT2D eigenvalue weighted by molar-refractivity contribution is 0.367. The van der Waals surface area contributed by atoms with Gasteiger partial charge in [-0.2, -0.15) is 0 Å². The summed E-state index contributed by atoms with van der Waals surface area (Å²) in [5.74, 6) is -0.888. The smallest absolute Gasteiger partial charge is 0.167 e. The van der Waals surface area contributed by atoms with E-state index in [9.17, 15) is 13.2 Å². The number of hydrogen-bond donors (Lipinski definition) is 0. The van der Waals surface area contributed by atoms with E-state index in [1.165, 1.54) is 31.6 Å². The fourth-order valence-electron chi connectivity index (χ4n) is 5.17. The molecule has 0 bridgehead atoms. The van der Waals surface area contributed by atoms with Gasteiger partial charge in [0.25, 0.3) is 0 Å². The van der Waals surface area contributed by atoms with Crippen LogP contribution in [0.4, 0.5) is 13.2 Å². The lowest BCUT2D eigenvalue weighted by Crippen LogP contribution is -2.13. The third kappa shape index (κ3) is 6.21. The molecule has 1 nitrogen and oxygen atoms in total. The first kappa shape index (κ1) is 26.1. The Kier molecular flexibility index (Phi) is 8.90. The third-order valence-corrected chi connectivity index (χ3v) is 7.41. The number of benzene rings is 3. The zero-order valence-corrected chi connectivity index (χ0v) is 21.2. The fourth-order valence-corrected chi connectivity index (χ4v) is 5.17. The summed E-state index contributed by atoms with van der Waals surface area (Å²) in [6.45, 7) is 2.18. The molecule has 0 unspecified atom stereocenters. The first-order valence-electron chi connectivity index (χ1n) is 13.1. The Labute approximate surface area is 213 Å². The van der Waals surface area contributed by atoms with Gasteiger partial charge in [0.2, 0.25) is 0 Å². The quantitative estimate of drug-likeness (QED) is 0.270. The van der Waals surface area contributed by atoms with Crippen LogP contribution in [0.15, 0.2) is 60.7 Å². The summed E-state index contributed by atoms with van der Waals surface area (Å²) in [4.78, 5) is 0. The van der Waals surface area contributed by atoms with E-state index in [-0.39, 0.29) is 28.8 Å². The van der Waals surface area contributed by atoms with Crippen LogP contribution >= 0.6 is 0 Å². The molecule has 0 aromatic heterocycles. The number of unbranched alkanes of at least 4 members (excludes halogenated alkanes) is 2. The molecule has 0 heterocycles. The Morgan fingerprint density at radius 2 is 1.61 bits per heavy atom. The van der Waals surface area contributed by atoms with Crippen molar-refractivity contribution < 1.29 is 17.9 Å². The van der Waals surface area contributed by atoms with E-state index in [4.69, 9.17) is 4.74 Å². The minimum absolute atomic E-state index is 0.173.